The van der Waals surface area contributed by atoms with E-state index in [2.05, 4.69) is 0 Å². The Bertz CT molecular complexity index is 408. The van der Waals surface area contributed by atoms with Crippen molar-refractivity contribution < 1.29 is 20.1 Å². The van der Waals surface area contributed by atoms with Gasteiger partial charge in [-0.1, -0.05) is 11.6 Å². The van der Waals surface area contributed by atoms with E-state index in [1.807, 2.05) is 0 Å². The number of hydrogen-bond donors (Lipinski definition) is 3. The van der Waals surface area contributed by atoms with Crippen LogP contribution in [0.5, 0.6) is 0 Å². The third-order valence-electron chi connectivity index (χ3n) is 2.60. The van der Waals surface area contributed by atoms with Crippen LogP contribution in [-0.2, 0) is 4.79 Å². The minimum atomic E-state index is -1.33. The van der Waals surface area contributed by atoms with E-state index in [-0.39, 0.29) is 0 Å². The van der Waals surface area contributed by atoms with E-state index in [4.69, 9.17) is 16.7 Å². The molecular formula is C12H15ClO4. The number of carbonyl (C=O) groups is 1. The Morgan fingerprint density at radius 2 is 1.76 bits per heavy atom. The summed E-state index contributed by atoms with van der Waals surface area (Å²) in [4.78, 5) is 10.5. The van der Waals surface area contributed by atoms with E-state index < -0.39 is 24.6 Å². The fourth-order valence-corrected chi connectivity index (χ4v) is 2.20. The van der Waals surface area contributed by atoms with E-state index >= 15 is 0 Å². The SMILES string of the molecule is Cc1cc(Cl)cc(C)c1C(O)C(O)CC(=O)O. The minimum absolute atomic E-state index is 0.497. The maximum absolute atomic E-state index is 10.5. The van der Waals surface area contributed by atoms with Crippen LogP contribution in [0.25, 0.3) is 0 Å². The summed E-state index contributed by atoms with van der Waals surface area (Å²) in [6, 6.07) is 3.33. The lowest BCUT2D eigenvalue weighted by molar-refractivity contribution is -0.141. The Kier molecular flexibility index (Phi) is 4.51. The zero-order valence-electron chi connectivity index (χ0n) is 9.64. The van der Waals surface area contributed by atoms with Gasteiger partial charge in [0, 0.05) is 5.02 Å². The molecule has 0 spiro atoms. The molecule has 94 valence electrons. The topological polar surface area (TPSA) is 77.8 Å². The van der Waals surface area contributed by atoms with Gasteiger partial charge >= 0.3 is 5.97 Å². The second kappa shape index (κ2) is 5.49. The van der Waals surface area contributed by atoms with Crippen molar-refractivity contribution in [3.05, 3.63) is 33.8 Å². The lowest BCUT2D eigenvalue weighted by atomic mass is 9.94. The van der Waals surface area contributed by atoms with Gasteiger partial charge in [0.2, 0.25) is 0 Å². The van der Waals surface area contributed by atoms with Crippen LogP contribution >= 0.6 is 11.6 Å². The van der Waals surface area contributed by atoms with Gasteiger partial charge in [-0.15, -0.1) is 0 Å². The number of hydrogen-bond acceptors (Lipinski definition) is 3. The van der Waals surface area contributed by atoms with Crippen molar-refractivity contribution in [2.24, 2.45) is 0 Å². The van der Waals surface area contributed by atoms with E-state index in [0.717, 1.165) is 11.1 Å². The second-order valence-electron chi connectivity index (χ2n) is 4.06. The molecule has 0 bridgehead atoms. The van der Waals surface area contributed by atoms with E-state index in [0.29, 0.717) is 10.6 Å². The molecular weight excluding hydrogens is 244 g/mol. The van der Waals surface area contributed by atoms with Gasteiger partial charge in [0.15, 0.2) is 0 Å². The summed E-state index contributed by atoms with van der Waals surface area (Å²) < 4.78 is 0. The molecule has 1 rings (SSSR count). The molecule has 0 fully saturated rings. The molecule has 0 saturated heterocycles. The fourth-order valence-electron chi connectivity index (χ4n) is 1.87. The molecule has 0 aliphatic carbocycles. The lowest BCUT2D eigenvalue weighted by Gasteiger charge is -2.21. The molecule has 17 heavy (non-hydrogen) atoms. The van der Waals surface area contributed by atoms with Crippen molar-refractivity contribution in [3.63, 3.8) is 0 Å². The summed E-state index contributed by atoms with van der Waals surface area (Å²) in [6.07, 6.45) is -3.04. The summed E-state index contributed by atoms with van der Waals surface area (Å²) in [5.74, 6) is -1.15. The number of benzene rings is 1. The third kappa shape index (κ3) is 3.43. The van der Waals surface area contributed by atoms with E-state index in [9.17, 15) is 15.0 Å². The van der Waals surface area contributed by atoms with Gasteiger partial charge in [-0.3, -0.25) is 4.79 Å². The molecule has 0 radical (unpaired) electrons. The molecule has 0 saturated carbocycles. The Hall–Kier alpha value is -1.10. The molecule has 0 heterocycles. The second-order valence-corrected chi connectivity index (χ2v) is 4.50. The first-order valence-electron chi connectivity index (χ1n) is 5.17. The van der Waals surface area contributed by atoms with Crippen LogP contribution in [0.1, 0.15) is 29.2 Å². The van der Waals surface area contributed by atoms with Crippen molar-refractivity contribution >= 4 is 17.6 Å². The van der Waals surface area contributed by atoms with Crippen LogP contribution < -0.4 is 0 Å². The summed E-state index contributed by atoms with van der Waals surface area (Å²) in [7, 11) is 0. The molecule has 0 aromatic heterocycles. The minimum Gasteiger partial charge on any atom is -0.481 e. The zero-order valence-corrected chi connectivity index (χ0v) is 10.4. The maximum atomic E-state index is 10.5. The van der Waals surface area contributed by atoms with Crippen molar-refractivity contribution in [2.45, 2.75) is 32.5 Å². The zero-order chi connectivity index (χ0) is 13.2. The number of aryl methyl sites for hydroxylation is 2. The highest BCUT2D eigenvalue weighted by Crippen LogP contribution is 2.28. The Labute approximate surface area is 104 Å². The highest BCUT2D eigenvalue weighted by atomic mass is 35.5. The summed E-state index contributed by atoms with van der Waals surface area (Å²) in [5.41, 5.74) is 1.99. The van der Waals surface area contributed by atoms with Crippen LogP contribution in [0.4, 0.5) is 0 Å². The smallest absolute Gasteiger partial charge is 0.306 e. The van der Waals surface area contributed by atoms with Crippen molar-refractivity contribution in [1.29, 1.82) is 0 Å². The van der Waals surface area contributed by atoms with Crippen LogP contribution in [0.15, 0.2) is 12.1 Å². The average molecular weight is 259 g/mol. The summed E-state index contributed by atoms with van der Waals surface area (Å²) in [6.45, 7) is 3.51. The normalized spacial score (nSPS) is 14.4. The van der Waals surface area contributed by atoms with Crippen LogP contribution in [0.3, 0.4) is 0 Å². The molecule has 0 aliphatic rings. The van der Waals surface area contributed by atoms with Gasteiger partial charge in [0.05, 0.1) is 12.5 Å². The molecule has 0 amide bonds. The first-order valence-corrected chi connectivity index (χ1v) is 5.55. The van der Waals surface area contributed by atoms with Crippen LogP contribution in [0.2, 0.25) is 5.02 Å². The van der Waals surface area contributed by atoms with Crippen molar-refractivity contribution in [1.82, 2.24) is 0 Å². The van der Waals surface area contributed by atoms with Gasteiger partial charge < -0.3 is 15.3 Å². The molecule has 3 N–H and O–H groups in total. The Balaban J connectivity index is 3.03. The number of carboxylic acid groups (broad SMARTS) is 1. The Morgan fingerprint density at radius 1 is 1.29 bits per heavy atom. The molecule has 5 heteroatoms. The first-order chi connectivity index (χ1) is 7.82. The highest BCUT2D eigenvalue weighted by Gasteiger charge is 2.24. The number of aliphatic hydroxyl groups is 2. The molecule has 1 aromatic rings. The first kappa shape index (κ1) is 14.0. The average Bonchev–Trinajstić information content (AvgIpc) is 2.14. The number of aliphatic carboxylic acids is 1. The van der Waals surface area contributed by atoms with Crippen molar-refractivity contribution in [2.75, 3.05) is 0 Å². The largest absolute Gasteiger partial charge is 0.481 e. The quantitative estimate of drug-likeness (QED) is 0.770. The number of rotatable bonds is 4. The standard InChI is InChI=1S/C12H15ClO4/c1-6-3-8(13)4-7(2)11(6)12(17)9(14)5-10(15)16/h3-4,9,12,14,17H,5H2,1-2H3,(H,15,16). The molecule has 1 aromatic carbocycles. The van der Waals surface area contributed by atoms with Crippen LogP contribution in [-0.4, -0.2) is 27.4 Å². The fraction of sp³-hybridized carbons (Fsp3) is 0.417. The highest BCUT2D eigenvalue weighted by molar-refractivity contribution is 6.30. The lowest BCUT2D eigenvalue weighted by Crippen LogP contribution is -2.23. The molecule has 4 nitrogen and oxygen atoms in total. The van der Waals surface area contributed by atoms with Crippen LogP contribution in [0, 0.1) is 13.8 Å². The molecule has 2 atom stereocenters. The molecule has 2 unspecified atom stereocenters. The number of halogens is 1. The molecule has 0 aliphatic heterocycles. The van der Waals surface area contributed by atoms with Gasteiger partial charge in [-0.25, -0.2) is 0 Å². The summed E-state index contributed by atoms with van der Waals surface area (Å²) >= 11 is 5.85. The number of carboxylic acids is 1. The van der Waals surface area contributed by atoms with E-state index in [1.165, 1.54) is 0 Å². The van der Waals surface area contributed by atoms with Crippen molar-refractivity contribution in [3.8, 4) is 0 Å². The van der Waals surface area contributed by atoms with Gasteiger partial charge in [0.25, 0.3) is 0 Å². The van der Waals surface area contributed by atoms with Gasteiger partial charge in [0.1, 0.15) is 6.10 Å². The summed E-state index contributed by atoms with van der Waals surface area (Å²) in [5, 5.41) is 28.6. The monoisotopic (exact) mass is 258 g/mol. The maximum Gasteiger partial charge on any atom is 0.306 e. The third-order valence-corrected chi connectivity index (χ3v) is 2.82. The number of aliphatic hydroxyl groups excluding tert-OH is 2. The Morgan fingerprint density at radius 3 is 2.18 bits per heavy atom. The van der Waals surface area contributed by atoms with Gasteiger partial charge in [-0.05, 0) is 42.7 Å². The predicted octanol–water partition coefficient (Wildman–Crippen LogP) is 1.83. The van der Waals surface area contributed by atoms with Gasteiger partial charge in [-0.2, -0.15) is 0 Å². The predicted molar refractivity (Wildman–Crippen MR) is 64.1 cm³/mol. The van der Waals surface area contributed by atoms with E-state index in [1.54, 1.807) is 26.0 Å².